The largest absolute Gasteiger partial charge is 0.259 e. The lowest BCUT2D eigenvalue weighted by Crippen LogP contribution is -1.92. The number of halogens is 1. The third kappa shape index (κ3) is 2.50. The monoisotopic (exact) mass is 229 g/mol. The summed E-state index contributed by atoms with van der Waals surface area (Å²) < 4.78 is 0. The van der Waals surface area contributed by atoms with E-state index in [2.05, 4.69) is 23.7 Å². The van der Waals surface area contributed by atoms with Gasteiger partial charge in [0.1, 0.15) is 0 Å². The van der Waals surface area contributed by atoms with Gasteiger partial charge in [0, 0.05) is 12.6 Å². The van der Waals surface area contributed by atoms with E-state index >= 15 is 0 Å². The first-order valence-electron chi connectivity index (χ1n) is 5.10. The molecule has 0 saturated heterocycles. The summed E-state index contributed by atoms with van der Waals surface area (Å²) >= 11 is 6.05. The zero-order chi connectivity index (χ0) is 11.4. The Morgan fingerprint density at radius 3 is 2.56 bits per heavy atom. The van der Waals surface area contributed by atoms with E-state index in [-0.39, 0.29) is 0 Å². The summed E-state index contributed by atoms with van der Waals surface area (Å²) in [6, 6.07) is 11.9. The van der Waals surface area contributed by atoms with Gasteiger partial charge >= 0.3 is 0 Å². The van der Waals surface area contributed by atoms with Crippen LogP contribution in [0.4, 0.5) is 0 Å². The molecule has 1 aromatic heterocycles. The van der Waals surface area contributed by atoms with Gasteiger partial charge in [0.25, 0.3) is 0 Å². The van der Waals surface area contributed by atoms with Crippen LogP contribution in [0.1, 0.15) is 16.8 Å². The van der Waals surface area contributed by atoms with Gasteiger partial charge in [0.2, 0.25) is 0 Å². The third-order valence-corrected chi connectivity index (χ3v) is 2.77. The lowest BCUT2D eigenvalue weighted by atomic mass is 10.1. The Morgan fingerprint density at radius 1 is 1.19 bits per heavy atom. The van der Waals surface area contributed by atoms with Crippen LogP contribution in [0.15, 0.2) is 49.2 Å². The van der Waals surface area contributed by atoms with Crippen molar-refractivity contribution in [3.8, 4) is 0 Å². The molecule has 0 aliphatic carbocycles. The number of benzene rings is 1. The van der Waals surface area contributed by atoms with Crippen LogP contribution in [0.5, 0.6) is 0 Å². The van der Waals surface area contributed by atoms with Gasteiger partial charge in [-0.2, -0.15) is 0 Å². The van der Waals surface area contributed by atoms with E-state index in [0.29, 0.717) is 0 Å². The molecule has 0 aliphatic heterocycles. The molecule has 80 valence electrons. The molecule has 1 aromatic carbocycles. The summed E-state index contributed by atoms with van der Waals surface area (Å²) in [5.74, 6) is 0. The van der Waals surface area contributed by atoms with Crippen molar-refractivity contribution in [2.24, 2.45) is 0 Å². The highest BCUT2D eigenvalue weighted by molar-refractivity contribution is 6.31. The second-order valence-electron chi connectivity index (χ2n) is 3.55. The number of hydrogen-bond donors (Lipinski definition) is 0. The summed E-state index contributed by atoms with van der Waals surface area (Å²) in [7, 11) is 0. The van der Waals surface area contributed by atoms with Crippen molar-refractivity contribution in [1.29, 1.82) is 0 Å². The molecule has 16 heavy (non-hydrogen) atoms. The van der Waals surface area contributed by atoms with Crippen molar-refractivity contribution in [3.05, 3.63) is 71.0 Å². The highest BCUT2D eigenvalue weighted by Crippen LogP contribution is 2.17. The van der Waals surface area contributed by atoms with E-state index < -0.39 is 0 Å². The number of hydrogen-bond acceptors (Lipinski definition) is 1. The first-order valence-corrected chi connectivity index (χ1v) is 5.48. The second kappa shape index (κ2) is 4.95. The number of aromatic nitrogens is 1. The van der Waals surface area contributed by atoms with Crippen LogP contribution >= 0.6 is 11.6 Å². The molecule has 0 radical (unpaired) electrons. The van der Waals surface area contributed by atoms with E-state index in [1.807, 2.05) is 30.3 Å². The van der Waals surface area contributed by atoms with Gasteiger partial charge in [-0.25, -0.2) is 0 Å². The molecule has 0 atom stereocenters. The van der Waals surface area contributed by atoms with Gasteiger partial charge in [-0.3, -0.25) is 4.98 Å². The zero-order valence-corrected chi connectivity index (χ0v) is 9.61. The Kier molecular flexibility index (Phi) is 3.37. The number of pyridine rings is 1. The molecule has 0 aliphatic rings. The van der Waals surface area contributed by atoms with Crippen LogP contribution in [0.25, 0.3) is 6.08 Å². The Bertz CT molecular complexity index is 488. The van der Waals surface area contributed by atoms with Crippen molar-refractivity contribution in [2.45, 2.75) is 6.42 Å². The van der Waals surface area contributed by atoms with Crippen LogP contribution in [0.2, 0.25) is 5.02 Å². The van der Waals surface area contributed by atoms with Crippen molar-refractivity contribution in [1.82, 2.24) is 4.98 Å². The van der Waals surface area contributed by atoms with Crippen LogP contribution < -0.4 is 0 Å². The van der Waals surface area contributed by atoms with Gasteiger partial charge in [0.05, 0.1) is 10.7 Å². The Morgan fingerprint density at radius 2 is 1.94 bits per heavy atom. The zero-order valence-electron chi connectivity index (χ0n) is 8.86. The van der Waals surface area contributed by atoms with E-state index in [1.54, 1.807) is 6.20 Å². The maximum atomic E-state index is 6.05. The molecule has 0 saturated carbocycles. The quantitative estimate of drug-likeness (QED) is 0.776. The lowest BCUT2D eigenvalue weighted by molar-refractivity contribution is 1.07. The van der Waals surface area contributed by atoms with E-state index in [0.717, 1.165) is 22.7 Å². The number of nitrogens with zero attached hydrogens (tertiary/aromatic N) is 1. The molecule has 1 heterocycles. The average molecular weight is 230 g/mol. The summed E-state index contributed by atoms with van der Waals surface area (Å²) in [5, 5.41) is 0.718. The summed E-state index contributed by atoms with van der Waals surface area (Å²) in [4.78, 5) is 4.26. The third-order valence-electron chi connectivity index (χ3n) is 2.42. The van der Waals surface area contributed by atoms with E-state index in [4.69, 9.17) is 11.6 Å². The van der Waals surface area contributed by atoms with Crippen LogP contribution in [0.3, 0.4) is 0 Å². The molecule has 0 fully saturated rings. The summed E-state index contributed by atoms with van der Waals surface area (Å²) in [6.45, 7) is 3.73. The van der Waals surface area contributed by atoms with Crippen molar-refractivity contribution >= 4 is 17.7 Å². The van der Waals surface area contributed by atoms with Gasteiger partial charge < -0.3 is 0 Å². The first kappa shape index (κ1) is 10.9. The van der Waals surface area contributed by atoms with Crippen molar-refractivity contribution < 1.29 is 0 Å². The standard InChI is InChI=1S/C14H12ClN/c1-2-11-5-7-12(8-6-11)10-14-13(15)4-3-9-16-14/h2-9H,1,10H2. The normalized spacial score (nSPS) is 10.1. The molecule has 1 nitrogen and oxygen atoms in total. The Balaban J connectivity index is 2.21. The molecule has 2 aromatic rings. The molecule has 0 unspecified atom stereocenters. The van der Waals surface area contributed by atoms with Crippen molar-refractivity contribution in [3.63, 3.8) is 0 Å². The van der Waals surface area contributed by atoms with E-state index in [9.17, 15) is 0 Å². The van der Waals surface area contributed by atoms with Crippen LogP contribution in [0, 0.1) is 0 Å². The predicted octanol–water partition coefficient (Wildman–Crippen LogP) is 3.97. The minimum absolute atomic E-state index is 0.718. The van der Waals surface area contributed by atoms with Crippen molar-refractivity contribution in [2.75, 3.05) is 0 Å². The smallest absolute Gasteiger partial charge is 0.0633 e. The topological polar surface area (TPSA) is 12.9 Å². The molecular weight excluding hydrogens is 218 g/mol. The van der Waals surface area contributed by atoms with Gasteiger partial charge in [-0.15, -0.1) is 0 Å². The number of rotatable bonds is 3. The second-order valence-corrected chi connectivity index (χ2v) is 3.96. The average Bonchev–Trinajstić information content (AvgIpc) is 2.33. The lowest BCUT2D eigenvalue weighted by Gasteiger charge is -2.03. The van der Waals surface area contributed by atoms with Gasteiger partial charge in [-0.1, -0.05) is 48.5 Å². The fourth-order valence-corrected chi connectivity index (χ4v) is 1.70. The molecule has 0 bridgehead atoms. The maximum absolute atomic E-state index is 6.05. The molecule has 0 amide bonds. The molecular formula is C14H12ClN. The Hall–Kier alpha value is -1.60. The highest BCUT2D eigenvalue weighted by Gasteiger charge is 2.01. The summed E-state index contributed by atoms with van der Waals surface area (Å²) in [5.41, 5.74) is 3.23. The van der Waals surface area contributed by atoms with Crippen LogP contribution in [-0.2, 0) is 6.42 Å². The van der Waals surface area contributed by atoms with Gasteiger partial charge in [-0.05, 0) is 23.3 Å². The van der Waals surface area contributed by atoms with E-state index in [1.165, 1.54) is 5.56 Å². The Labute approximate surface area is 100 Å². The molecule has 2 rings (SSSR count). The minimum atomic E-state index is 0.718. The fraction of sp³-hybridized carbons (Fsp3) is 0.0714. The van der Waals surface area contributed by atoms with Crippen LogP contribution in [-0.4, -0.2) is 4.98 Å². The molecule has 0 N–H and O–H groups in total. The predicted molar refractivity (Wildman–Crippen MR) is 68.6 cm³/mol. The highest BCUT2D eigenvalue weighted by atomic mass is 35.5. The summed E-state index contributed by atoms with van der Waals surface area (Å²) in [6.07, 6.45) is 4.36. The SMILES string of the molecule is C=Cc1ccc(Cc2ncccc2Cl)cc1. The first-order chi connectivity index (χ1) is 7.79. The molecule has 2 heteroatoms. The maximum Gasteiger partial charge on any atom is 0.0633 e. The minimum Gasteiger partial charge on any atom is -0.259 e. The molecule has 0 spiro atoms. The van der Waals surface area contributed by atoms with Gasteiger partial charge in [0.15, 0.2) is 0 Å². The fourth-order valence-electron chi connectivity index (χ4n) is 1.51.